The van der Waals surface area contributed by atoms with E-state index in [2.05, 4.69) is 278 Å². The fourth-order valence-corrected chi connectivity index (χ4v) is 10.7. The molecule has 0 atom stereocenters. The Morgan fingerprint density at radius 3 is 1.26 bits per heavy atom. The van der Waals surface area contributed by atoms with Crippen LogP contribution in [0.25, 0.3) is 109 Å². The van der Waals surface area contributed by atoms with Crippen LogP contribution in [0.2, 0.25) is 0 Å². The zero-order valence-corrected chi connectivity index (χ0v) is 37.9. The summed E-state index contributed by atoms with van der Waals surface area (Å²) in [5.41, 5.74) is 15.3. The molecule has 322 valence electrons. The molecule has 0 radical (unpaired) electrons. The molecule has 0 fully saturated rings. The predicted molar refractivity (Wildman–Crippen MR) is 296 cm³/mol. The van der Waals surface area contributed by atoms with Crippen molar-refractivity contribution in [3.8, 4) is 55.6 Å². The minimum absolute atomic E-state index is 1.10. The van der Waals surface area contributed by atoms with Crippen LogP contribution in [0.4, 0.5) is 17.1 Å². The third kappa shape index (κ3) is 7.20. The fourth-order valence-electron chi connectivity index (χ4n) is 10.7. The molecule has 13 aromatic rings. The van der Waals surface area contributed by atoms with Crippen LogP contribution in [0.3, 0.4) is 0 Å². The molecule has 0 heterocycles. The minimum Gasteiger partial charge on any atom is -0.310 e. The van der Waals surface area contributed by atoms with Crippen LogP contribution < -0.4 is 4.90 Å². The highest BCUT2D eigenvalue weighted by Gasteiger charge is 2.23. The van der Waals surface area contributed by atoms with E-state index in [9.17, 15) is 0 Å². The molecular weight excluding hydrogens is 831 g/mol. The summed E-state index contributed by atoms with van der Waals surface area (Å²) in [6, 6.07) is 100. The molecule has 0 N–H and O–H groups in total. The number of anilines is 3. The van der Waals surface area contributed by atoms with Crippen molar-refractivity contribution in [1.29, 1.82) is 0 Å². The Hall–Kier alpha value is -9.04. The van der Waals surface area contributed by atoms with Gasteiger partial charge in [-0.25, -0.2) is 0 Å². The van der Waals surface area contributed by atoms with Crippen molar-refractivity contribution in [1.82, 2.24) is 0 Å². The molecule has 0 aromatic heterocycles. The van der Waals surface area contributed by atoms with Gasteiger partial charge in [0.05, 0.1) is 0 Å². The molecule has 0 aliphatic heterocycles. The fraction of sp³-hybridized carbons (Fsp3) is 0. The van der Waals surface area contributed by atoms with Gasteiger partial charge in [0.1, 0.15) is 0 Å². The van der Waals surface area contributed by atoms with Gasteiger partial charge in [-0.15, -0.1) is 0 Å². The lowest BCUT2D eigenvalue weighted by molar-refractivity contribution is 1.29. The average Bonchev–Trinajstić information content (AvgIpc) is 3.43. The minimum atomic E-state index is 1.10. The molecule has 1 heteroatoms. The number of nitrogens with zero attached hydrogens (tertiary/aromatic N) is 1. The van der Waals surface area contributed by atoms with Crippen LogP contribution >= 0.6 is 0 Å². The lowest BCUT2D eigenvalue weighted by Crippen LogP contribution is -2.09. The maximum Gasteiger partial charge on any atom is 0.0468 e. The maximum absolute atomic E-state index is 2.47. The van der Waals surface area contributed by atoms with Gasteiger partial charge < -0.3 is 4.90 Å². The zero-order valence-electron chi connectivity index (χ0n) is 37.9. The number of fused-ring (bicyclic) bond motifs is 8. The number of para-hydroxylation sites is 1. The Bertz CT molecular complexity index is 4030. The monoisotopic (exact) mass is 875 g/mol. The summed E-state index contributed by atoms with van der Waals surface area (Å²) in [5.74, 6) is 0. The van der Waals surface area contributed by atoms with Crippen molar-refractivity contribution >= 4 is 70.9 Å². The molecule has 13 aromatic carbocycles. The normalized spacial score (nSPS) is 11.5. The first-order valence-corrected chi connectivity index (χ1v) is 23.8. The highest BCUT2D eigenvalue weighted by molar-refractivity contribution is 6.33. The number of benzene rings is 13. The highest BCUT2D eigenvalue weighted by atomic mass is 15.1. The van der Waals surface area contributed by atoms with E-state index in [1.54, 1.807) is 0 Å². The average molecular weight is 876 g/mol. The van der Waals surface area contributed by atoms with Gasteiger partial charge in [0.2, 0.25) is 0 Å². The first-order chi connectivity index (χ1) is 34.2. The van der Waals surface area contributed by atoms with Crippen molar-refractivity contribution in [2.75, 3.05) is 4.90 Å². The van der Waals surface area contributed by atoms with Crippen molar-refractivity contribution in [2.45, 2.75) is 0 Å². The summed E-state index contributed by atoms with van der Waals surface area (Å²) in [7, 11) is 0. The quantitative estimate of drug-likeness (QED) is 0.138. The van der Waals surface area contributed by atoms with Gasteiger partial charge in [-0.3, -0.25) is 0 Å². The van der Waals surface area contributed by atoms with E-state index >= 15 is 0 Å². The Morgan fingerprint density at radius 2 is 0.623 bits per heavy atom. The molecule has 1 nitrogen and oxygen atoms in total. The lowest BCUT2D eigenvalue weighted by atomic mass is 9.80. The Morgan fingerprint density at radius 1 is 0.203 bits per heavy atom. The number of hydrogen-bond donors (Lipinski definition) is 0. The van der Waals surface area contributed by atoms with Gasteiger partial charge in [-0.1, -0.05) is 212 Å². The van der Waals surface area contributed by atoms with Crippen LogP contribution in [0.5, 0.6) is 0 Å². The Balaban J connectivity index is 1.11. The van der Waals surface area contributed by atoms with Gasteiger partial charge in [-0.2, -0.15) is 0 Å². The smallest absolute Gasteiger partial charge is 0.0468 e. The van der Waals surface area contributed by atoms with Crippen molar-refractivity contribution < 1.29 is 0 Å². The largest absolute Gasteiger partial charge is 0.310 e. The summed E-state index contributed by atoms with van der Waals surface area (Å²) in [5, 5.41) is 12.3. The van der Waals surface area contributed by atoms with E-state index in [1.165, 1.54) is 104 Å². The molecule has 0 aliphatic carbocycles. The van der Waals surface area contributed by atoms with Crippen molar-refractivity contribution in [3.05, 3.63) is 273 Å². The summed E-state index contributed by atoms with van der Waals surface area (Å²) < 4.78 is 0. The second-order valence-electron chi connectivity index (χ2n) is 18.0. The molecule has 69 heavy (non-hydrogen) atoms. The Labute approximate surface area is 402 Å². The predicted octanol–water partition coefficient (Wildman–Crippen LogP) is 19.3. The summed E-state index contributed by atoms with van der Waals surface area (Å²) in [6.45, 7) is 0. The third-order valence-electron chi connectivity index (χ3n) is 14.0. The topological polar surface area (TPSA) is 3.24 Å². The molecule has 13 rings (SSSR count). The summed E-state index contributed by atoms with van der Waals surface area (Å²) in [6.07, 6.45) is 0. The highest BCUT2D eigenvalue weighted by Crippen LogP contribution is 2.50. The van der Waals surface area contributed by atoms with Crippen molar-refractivity contribution in [2.24, 2.45) is 0 Å². The van der Waals surface area contributed by atoms with E-state index in [1.807, 2.05) is 0 Å². The molecule has 0 saturated carbocycles. The second-order valence-corrected chi connectivity index (χ2v) is 18.0. The summed E-state index contributed by atoms with van der Waals surface area (Å²) in [4.78, 5) is 2.36. The molecule has 0 amide bonds. The third-order valence-corrected chi connectivity index (χ3v) is 14.0. The van der Waals surface area contributed by atoms with Gasteiger partial charge in [-0.05, 0) is 170 Å². The van der Waals surface area contributed by atoms with Crippen LogP contribution in [0.1, 0.15) is 0 Å². The van der Waals surface area contributed by atoms with E-state index in [4.69, 9.17) is 0 Å². The number of hydrogen-bond acceptors (Lipinski definition) is 1. The van der Waals surface area contributed by atoms with Crippen LogP contribution in [0, 0.1) is 0 Å². The van der Waals surface area contributed by atoms with E-state index in [0.29, 0.717) is 0 Å². The molecular formula is C68H45N. The van der Waals surface area contributed by atoms with Gasteiger partial charge >= 0.3 is 0 Å². The Kier molecular flexibility index (Phi) is 9.91. The second kappa shape index (κ2) is 17.0. The molecule has 0 aliphatic rings. The SMILES string of the molecule is c1ccc(-c2ccc3c(c2)c2cc(-c4ccc5ccccc5c4)ccc2c2c(-c4ccccc4)c(-c4ccccc4)cc(-c4ccc(N(c5ccccc5)c5ccc6ccccc6c5)cc4)c32)cc1. The summed E-state index contributed by atoms with van der Waals surface area (Å²) >= 11 is 0. The van der Waals surface area contributed by atoms with Crippen molar-refractivity contribution in [3.63, 3.8) is 0 Å². The van der Waals surface area contributed by atoms with E-state index in [0.717, 1.165) is 22.6 Å². The van der Waals surface area contributed by atoms with Gasteiger partial charge in [0, 0.05) is 17.1 Å². The standard InChI is InChI=1S/C68H45N/c1-5-17-46(18-6-1)55-34-39-60-64(43-55)65-44-56(54-30-29-47-19-13-15-25-52(47)41-54)35-40-61(65)68-66(51-23-9-3-10-24-51)62(49-21-7-2-8-22-49)45-63(67(60)68)50-32-36-58(37-33-50)69(57-27-11-4-12-28-57)59-38-31-48-20-14-16-26-53(48)42-59/h1-45H. The molecule has 0 unspecified atom stereocenters. The van der Waals surface area contributed by atoms with E-state index < -0.39 is 0 Å². The molecule has 0 spiro atoms. The first-order valence-electron chi connectivity index (χ1n) is 23.8. The van der Waals surface area contributed by atoms with Gasteiger partial charge in [0.15, 0.2) is 0 Å². The number of rotatable bonds is 8. The molecule has 0 saturated heterocycles. The van der Waals surface area contributed by atoms with E-state index in [-0.39, 0.29) is 0 Å². The maximum atomic E-state index is 2.47. The first kappa shape index (κ1) is 40.3. The van der Waals surface area contributed by atoms with Gasteiger partial charge in [0.25, 0.3) is 0 Å². The van der Waals surface area contributed by atoms with Crippen LogP contribution in [-0.2, 0) is 0 Å². The van der Waals surface area contributed by atoms with Crippen LogP contribution in [-0.4, -0.2) is 0 Å². The molecule has 0 bridgehead atoms. The zero-order chi connectivity index (χ0) is 45.7. The lowest BCUT2D eigenvalue weighted by Gasteiger charge is -2.26. The van der Waals surface area contributed by atoms with Crippen LogP contribution in [0.15, 0.2) is 273 Å².